The molecule has 1 amide bonds. The van der Waals surface area contributed by atoms with Crippen LogP contribution in [0.3, 0.4) is 0 Å². The molecule has 0 aliphatic heterocycles. The van der Waals surface area contributed by atoms with Crippen LogP contribution in [0.5, 0.6) is 5.75 Å². The quantitative estimate of drug-likeness (QED) is 0.758. The second kappa shape index (κ2) is 6.40. The first kappa shape index (κ1) is 14.3. The standard InChI is InChI=1S/C15H14N4O2S/c1-21-13-5-3-2-4-11(13)15-18-12(9-22-15)14(20)16-8-10-6-7-17-19-10/h2-7,9H,8H2,1H3,(H,16,20)(H,17,19). The molecule has 0 aliphatic carbocycles. The summed E-state index contributed by atoms with van der Waals surface area (Å²) in [6.07, 6.45) is 1.64. The Morgan fingerprint density at radius 3 is 3.00 bits per heavy atom. The van der Waals surface area contributed by atoms with Crippen LogP contribution in [0.2, 0.25) is 0 Å². The number of rotatable bonds is 5. The lowest BCUT2D eigenvalue weighted by Crippen LogP contribution is -2.23. The second-order valence-corrected chi connectivity index (χ2v) is 5.36. The summed E-state index contributed by atoms with van der Waals surface area (Å²) in [5, 5.41) is 11.9. The van der Waals surface area contributed by atoms with Crippen LogP contribution in [0.25, 0.3) is 10.6 Å². The number of aromatic amines is 1. The SMILES string of the molecule is COc1ccccc1-c1nc(C(=O)NCc2ccn[nH]2)cs1. The summed E-state index contributed by atoms with van der Waals surface area (Å²) in [7, 11) is 1.62. The minimum absolute atomic E-state index is 0.216. The van der Waals surface area contributed by atoms with E-state index in [1.165, 1.54) is 11.3 Å². The van der Waals surface area contributed by atoms with Crippen LogP contribution >= 0.6 is 11.3 Å². The molecule has 2 heterocycles. The van der Waals surface area contributed by atoms with Crippen molar-refractivity contribution in [1.29, 1.82) is 0 Å². The second-order valence-electron chi connectivity index (χ2n) is 4.50. The molecule has 0 radical (unpaired) electrons. The van der Waals surface area contributed by atoms with Crippen molar-refractivity contribution < 1.29 is 9.53 Å². The number of hydrogen-bond acceptors (Lipinski definition) is 5. The molecule has 2 N–H and O–H groups in total. The fourth-order valence-electron chi connectivity index (χ4n) is 1.97. The maximum Gasteiger partial charge on any atom is 0.271 e. The van der Waals surface area contributed by atoms with Crippen molar-refractivity contribution in [3.63, 3.8) is 0 Å². The Morgan fingerprint density at radius 1 is 1.36 bits per heavy atom. The fourth-order valence-corrected chi connectivity index (χ4v) is 2.80. The van der Waals surface area contributed by atoms with E-state index < -0.39 is 0 Å². The van der Waals surface area contributed by atoms with Gasteiger partial charge in [-0.05, 0) is 18.2 Å². The number of carbonyl (C=O) groups excluding carboxylic acids is 1. The van der Waals surface area contributed by atoms with E-state index in [0.717, 1.165) is 22.0 Å². The predicted molar refractivity (Wildman–Crippen MR) is 83.9 cm³/mol. The molecular formula is C15H14N4O2S. The normalized spacial score (nSPS) is 10.4. The highest BCUT2D eigenvalue weighted by atomic mass is 32.1. The Balaban J connectivity index is 1.74. The Labute approximate surface area is 131 Å². The lowest BCUT2D eigenvalue weighted by atomic mass is 10.2. The van der Waals surface area contributed by atoms with Crippen molar-refractivity contribution in [3.05, 3.63) is 53.3 Å². The molecule has 7 heteroatoms. The molecule has 0 spiro atoms. The third-order valence-corrected chi connectivity index (χ3v) is 3.95. The molecule has 22 heavy (non-hydrogen) atoms. The van der Waals surface area contributed by atoms with Gasteiger partial charge in [0.1, 0.15) is 16.5 Å². The Bertz CT molecular complexity index is 767. The van der Waals surface area contributed by atoms with Gasteiger partial charge in [-0.2, -0.15) is 5.10 Å². The molecule has 0 aliphatic rings. The largest absolute Gasteiger partial charge is 0.496 e. The molecule has 0 unspecified atom stereocenters. The number of carbonyl (C=O) groups is 1. The van der Waals surface area contributed by atoms with Crippen LogP contribution in [0, 0.1) is 0 Å². The first-order valence-electron chi connectivity index (χ1n) is 6.63. The van der Waals surface area contributed by atoms with Crippen molar-refractivity contribution in [2.45, 2.75) is 6.54 Å². The van der Waals surface area contributed by atoms with E-state index >= 15 is 0 Å². The van der Waals surface area contributed by atoms with E-state index in [1.807, 2.05) is 30.3 Å². The van der Waals surface area contributed by atoms with Crippen molar-refractivity contribution in [2.75, 3.05) is 7.11 Å². The maximum atomic E-state index is 12.1. The highest BCUT2D eigenvalue weighted by molar-refractivity contribution is 7.13. The molecule has 0 saturated carbocycles. The minimum Gasteiger partial charge on any atom is -0.496 e. The number of aromatic nitrogens is 3. The number of nitrogens with one attached hydrogen (secondary N) is 2. The number of methoxy groups -OCH3 is 1. The molecule has 1 aromatic carbocycles. The van der Waals surface area contributed by atoms with Gasteiger partial charge < -0.3 is 10.1 Å². The average Bonchev–Trinajstić information content (AvgIpc) is 3.24. The highest BCUT2D eigenvalue weighted by Gasteiger charge is 2.14. The lowest BCUT2D eigenvalue weighted by Gasteiger charge is -2.04. The summed E-state index contributed by atoms with van der Waals surface area (Å²) in [4.78, 5) is 16.5. The lowest BCUT2D eigenvalue weighted by molar-refractivity contribution is 0.0946. The molecule has 112 valence electrons. The summed E-state index contributed by atoms with van der Waals surface area (Å²) in [6, 6.07) is 9.41. The van der Waals surface area contributed by atoms with E-state index in [9.17, 15) is 4.79 Å². The number of para-hydroxylation sites is 1. The zero-order chi connectivity index (χ0) is 15.4. The Morgan fingerprint density at radius 2 is 2.23 bits per heavy atom. The van der Waals surface area contributed by atoms with E-state index in [0.29, 0.717) is 12.2 Å². The number of nitrogens with zero attached hydrogens (tertiary/aromatic N) is 2. The predicted octanol–water partition coefficient (Wildman–Crippen LogP) is 2.47. The molecule has 2 aromatic heterocycles. The van der Waals surface area contributed by atoms with Gasteiger partial charge in [0.05, 0.1) is 24.9 Å². The summed E-state index contributed by atoms with van der Waals surface area (Å²) in [5.74, 6) is 0.522. The highest BCUT2D eigenvalue weighted by Crippen LogP contribution is 2.31. The van der Waals surface area contributed by atoms with Gasteiger partial charge in [-0.25, -0.2) is 4.98 Å². The van der Waals surface area contributed by atoms with Gasteiger partial charge in [0.15, 0.2) is 0 Å². The molecule has 0 fully saturated rings. The Kier molecular flexibility index (Phi) is 4.15. The summed E-state index contributed by atoms with van der Waals surface area (Å²) < 4.78 is 5.32. The molecule has 0 bridgehead atoms. The van der Waals surface area contributed by atoms with Crippen LogP contribution < -0.4 is 10.1 Å². The van der Waals surface area contributed by atoms with Crippen LogP contribution in [-0.2, 0) is 6.54 Å². The number of H-pyrrole nitrogens is 1. The van der Waals surface area contributed by atoms with Crippen LogP contribution in [0.15, 0.2) is 41.9 Å². The van der Waals surface area contributed by atoms with E-state index in [2.05, 4.69) is 20.5 Å². The van der Waals surface area contributed by atoms with Crippen molar-refractivity contribution in [2.24, 2.45) is 0 Å². The van der Waals surface area contributed by atoms with Crippen molar-refractivity contribution in [1.82, 2.24) is 20.5 Å². The van der Waals surface area contributed by atoms with Crippen molar-refractivity contribution in [3.8, 4) is 16.3 Å². The number of amides is 1. The van der Waals surface area contributed by atoms with E-state index in [1.54, 1.807) is 18.7 Å². The number of benzene rings is 1. The summed E-state index contributed by atoms with van der Waals surface area (Å²) in [5.41, 5.74) is 2.11. The van der Waals surface area contributed by atoms with Gasteiger partial charge >= 0.3 is 0 Å². The molecule has 0 atom stereocenters. The molecule has 6 nitrogen and oxygen atoms in total. The van der Waals surface area contributed by atoms with Gasteiger partial charge in [-0.15, -0.1) is 11.3 Å². The van der Waals surface area contributed by atoms with Gasteiger partial charge in [0.25, 0.3) is 5.91 Å². The third-order valence-electron chi connectivity index (χ3n) is 3.07. The van der Waals surface area contributed by atoms with Gasteiger partial charge in [0.2, 0.25) is 0 Å². The fraction of sp³-hybridized carbons (Fsp3) is 0.133. The van der Waals surface area contributed by atoms with E-state index in [-0.39, 0.29) is 5.91 Å². The molecule has 3 aromatic rings. The first-order valence-corrected chi connectivity index (χ1v) is 7.51. The van der Waals surface area contributed by atoms with E-state index in [4.69, 9.17) is 4.74 Å². The number of hydrogen-bond donors (Lipinski definition) is 2. The van der Waals surface area contributed by atoms with Crippen LogP contribution in [0.4, 0.5) is 0 Å². The van der Waals surface area contributed by atoms with Gasteiger partial charge in [-0.3, -0.25) is 9.89 Å². The topological polar surface area (TPSA) is 79.9 Å². The Hall–Kier alpha value is -2.67. The number of thiazole rings is 1. The van der Waals surface area contributed by atoms with Crippen molar-refractivity contribution >= 4 is 17.2 Å². The zero-order valence-corrected chi connectivity index (χ0v) is 12.7. The van der Waals surface area contributed by atoms with Crippen LogP contribution in [-0.4, -0.2) is 28.2 Å². The summed E-state index contributed by atoms with van der Waals surface area (Å²) >= 11 is 1.41. The third kappa shape index (κ3) is 2.99. The summed E-state index contributed by atoms with van der Waals surface area (Å²) in [6.45, 7) is 0.389. The number of ether oxygens (including phenoxy) is 1. The molecule has 3 rings (SSSR count). The van der Waals surface area contributed by atoms with Gasteiger partial charge in [-0.1, -0.05) is 12.1 Å². The maximum absolute atomic E-state index is 12.1. The monoisotopic (exact) mass is 314 g/mol. The molecule has 0 saturated heterocycles. The van der Waals surface area contributed by atoms with Crippen LogP contribution in [0.1, 0.15) is 16.2 Å². The average molecular weight is 314 g/mol. The zero-order valence-electron chi connectivity index (χ0n) is 11.9. The smallest absolute Gasteiger partial charge is 0.271 e. The molecular weight excluding hydrogens is 300 g/mol. The van der Waals surface area contributed by atoms with Gasteiger partial charge in [0, 0.05) is 11.6 Å². The minimum atomic E-state index is -0.216. The first-order chi connectivity index (χ1) is 10.8.